The van der Waals surface area contributed by atoms with Gasteiger partial charge in [0.05, 0.1) is 24.3 Å². The van der Waals surface area contributed by atoms with E-state index < -0.39 is 58.7 Å². The molecule has 0 amide bonds. The van der Waals surface area contributed by atoms with Crippen molar-refractivity contribution in [2.75, 3.05) is 13.2 Å². The Morgan fingerprint density at radius 3 is 1.90 bits per heavy atom. The Kier molecular flexibility index (Phi) is 6.98. The van der Waals surface area contributed by atoms with E-state index in [-0.39, 0.29) is 18.8 Å². The van der Waals surface area contributed by atoms with E-state index in [0.29, 0.717) is 0 Å². The van der Waals surface area contributed by atoms with Crippen molar-refractivity contribution in [1.29, 1.82) is 0 Å². The number of carbonyl (C=O) groups excluding carboxylic acids is 2. The third-order valence-electron chi connectivity index (χ3n) is 3.82. The summed E-state index contributed by atoms with van der Waals surface area (Å²) < 4.78 is 76.8. The molecule has 0 aliphatic rings. The van der Waals surface area contributed by atoms with Gasteiger partial charge in [0.2, 0.25) is 0 Å². The van der Waals surface area contributed by atoms with Crippen LogP contribution in [0.25, 0.3) is 11.1 Å². The van der Waals surface area contributed by atoms with Crippen LogP contribution in [0, 0.1) is 0 Å². The molecule has 0 bridgehead atoms. The van der Waals surface area contributed by atoms with Crippen LogP contribution in [0.5, 0.6) is 0 Å². The number of rotatable bonds is 7. The number of hydrogen-bond acceptors (Lipinski definition) is 8. The molecule has 0 aromatic heterocycles. The SMILES string of the molecule is CCOC(=O)c1cc(C(=O)OCC)c(-c2ccccc2S(=O)(=O)O)c(S(=O)(=O)O)c1. The van der Waals surface area contributed by atoms with Crippen LogP contribution in [0.1, 0.15) is 34.6 Å². The minimum atomic E-state index is -5.08. The quantitative estimate of drug-likeness (QED) is 0.465. The molecule has 2 aromatic carbocycles. The molecule has 10 nitrogen and oxygen atoms in total. The fraction of sp³-hybridized carbons (Fsp3) is 0.222. The van der Waals surface area contributed by atoms with Gasteiger partial charge >= 0.3 is 11.9 Å². The predicted octanol–water partition coefficient (Wildman–Crippen LogP) is 2.20. The molecule has 0 aliphatic heterocycles. The fourth-order valence-electron chi connectivity index (χ4n) is 2.70. The first-order valence-corrected chi connectivity index (χ1v) is 11.4. The number of hydrogen-bond donors (Lipinski definition) is 2. The first kappa shape index (κ1) is 23.5. The van der Waals surface area contributed by atoms with E-state index >= 15 is 0 Å². The molecule has 0 spiro atoms. The lowest BCUT2D eigenvalue weighted by Crippen LogP contribution is -2.15. The second-order valence-corrected chi connectivity index (χ2v) is 8.56. The third-order valence-corrected chi connectivity index (χ3v) is 5.61. The standard InChI is InChI=1S/C18H18O10S2/c1-3-27-17(19)11-9-13(18(20)28-4-2)16(15(10-11)30(24,25)26)12-7-5-6-8-14(12)29(21,22)23/h5-10H,3-4H2,1-2H3,(H,21,22,23)(H,24,25,26). The molecular weight excluding hydrogens is 440 g/mol. The van der Waals surface area contributed by atoms with Gasteiger partial charge in [-0.15, -0.1) is 0 Å². The topological polar surface area (TPSA) is 161 Å². The second kappa shape index (κ2) is 8.92. The molecule has 0 saturated heterocycles. The minimum Gasteiger partial charge on any atom is -0.462 e. The van der Waals surface area contributed by atoms with Gasteiger partial charge in [0.25, 0.3) is 20.2 Å². The summed E-state index contributed by atoms with van der Waals surface area (Å²) in [5.41, 5.74) is -1.87. The largest absolute Gasteiger partial charge is 0.462 e. The average molecular weight is 458 g/mol. The van der Waals surface area contributed by atoms with E-state index in [2.05, 4.69) is 0 Å². The Morgan fingerprint density at radius 1 is 0.833 bits per heavy atom. The molecule has 0 aliphatic carbocycles. The summed E-state index contributed by atoms with van der Waals surface area (Å²) in [6, 6.07) is 6.39. The number of carbonyl (C=O) groups is 2. The van der Waals surface area contributed by atoms with Crippen molar-refractivity contribution in [1.82, 2.24) is 0 Å². The van der Waals surface area contributed by atoms with Gasteiger partial charge in [0.1, 0.15) is 9.79 Å². The lowest BCUT2D eigenvalue weighted by molar-refractivity contribution is 0.0525. The van der Waals surface area contributed by atoms with E-state index in [9.17, 15) is 35.5 Å². The molecule has 2 rings (SSSR count). The lowest BCUT2D eigenvalue weighted by atomic mass is 9.97. The molecule has 2 aromatic rings. The van der Waals surface area contributed by atoms with Gasteiger partial charge in [0, 0.05) is 11.1 Å². The van der Waals surface area contributed by atoms with Crippen LogP contribution in [0.2, 0.25) is 0 Å². The van der Waals surface area contributed by atoms with Crippen LogP contribution < -0.4 is 0 Å². The molecule has 0 heterocycles. The zero-order valence-electron chi connectivity index (χ0n) is 15.9. The van der Waals surface area contributed by atoms with E-state index in [0.717, 1.165) is 24.3 Å². The molecular formula is C18H18O10S2. The Balaban J connectivity index is 3.05. The fourth-order valence-corrected chi connectivity index (χ4v) is 4.15. The average Bonchev–Trinajstić information content (AvgIpc) is 2.66. The van der Waals surface area contributed by atoms with Crippen molar-refractivity contribution in [2.45, 2.75) is 23.6 Å². The molecule has 12 heteroatoms. The molecule has 0 saturated carbocycles. The van der Waals surface area contributed by atoms with Crippen molar-refractivity contribution < 1.29 is 45.0 Å². The van der Waals surface area contributed by atoms with E-state index in [1.165, 1.54) is 26.0 Å². The van der Waals surface area contributed by atoms with Crippen LogP contribution in [0.15, 0.2) is 46.2 Å². The minimum absolute atomic E-state index is 0.0535. The smallest absolute Gasteiger partial charge is 0.338 e. The Morgan fingerprint density at radius 2 is 1.37 bits per heavy atom. The summed E-state index contributed by atoms with van der Waals surface area (Å²) >= 11 is 0. The molecule has 30 heavy (non-hydrogen) atoms. The Bertz CT molecular complexity index is 1200. The highest BCUT2D eigenvalue weighted by Gasteiger charge is 2.30. The maximum atomic E-state index is 12.5. The highest BCUT2D eigenvalue weighted by atomic mass is 32.2. The summed E-state index contributed by atoms with van der Waals surface area (Å²) in [4.78, 5) is 23.0. The van der Waals surface area contributed by atoms with Crippen LogP contribution in [-0.4, -0.2) is 51.1 Å². The van der Waals surface area contributed by atoms with Crippen molar-refractivity contribution in [3.8, 4) is 11.1 Å². The molecule has 0 unspecified atom stereocenters. The monoisotopic (exact) mass is 458 g/mol. The van der Waals surface area contributed by atoms with E-state index in [1.54, 1.807) is 0 Å². The Hall–Kier alpha value is -2.80. The maximum absolute atomic E-state index is 12.5. The zero-order chi connectivity index (χ0) is 22.7. The first-order valence-electron chi connectivity index (χ1n) is 8.48. The molecule has 0 radical (unpaired) electrons. The van der Waals surface area contributed by atoms with Crippen molar-refractivity contribution in [3.63, 3.8) is 0 Å². The van der Waals surface area contributed by atoms with Gasteiger partial charge in [-0.05, 0) is 32.0 Å². The number of esters is 2. The summed E-state index contributed by atoms with van der Waals surface area (Å²) in [5, 5.41) is 0. The normalized spacial score (nSPS) is 11.7. The summed E-state index contributed by atoms with van der Waals surface area (Å²) in [5.74, 6) is -2.07. The van der Waals surface area contributed by atoms with Crippen molar-refractivity contribution >= 4 is 32.2 Å². The van der Waals surface area contributed by atoms with Gasteiger partial charge in [-0.3, -0.25) is 9.11 Å². The van der Waals surface area contributed by atoms with Crippen molar-refractivity contribution in [2.24, 2.45) is 0 Å². The van der Waals surface area contributed by atoms with Crippen LogP contribution in [0.3, 0.4) is 0 Å². The third kappa shape index (κ3) is 5.02. The lowest BCUT2D eigenvalue weighted by Gasteiger charge is -2.16. The van der Waals surface area contributed by atoms with Crippen LogP contribution >= 0.6 is 0 Å². The number of benzene rings is 2. The number of ether oxygens (including phenoxy) is 2. The maximum Gasteiger partial charge on any atom is 0.338 e. The van der Waals surface area contributed by atoms with Gasteiger partial charge in [0.15, 0.2) is 0 Å². The van der Waals surface area contributed by atoms with Gasteiger partial charge in [-0.2, -0.15) is 16.8 Å². The van der Waals surface area contributed by atoms with Crippen LogP contribution in [-0.2, 0) is 29.7 Å². The van der Waals surface area contributed by atoms with Crippen molar-refractivity contribution in [3.05, 3.63) is 47.5 Å². The Labute approximate surface area is 172 Å². The molecule has 0 atom stereocenters. The highest BCUT2D eigenvalue weighted by molar-refractivity contribution is 7.86. The first-order chi connectivity index (χ1) is 13.9. The van der Waals surface area contributed by atoms with Gasteiger partial charge in [-0.1, -0.05) is 18.2 Å². The van der Waals surface area contributed by atoms with E-state index in [4.69, 9.17) is 9.47 Å². The summed E-state index contributed by atoms with van der Waals surface area (Å²) in [6.07, 6.45) is 0. The van der Waals surface area contributed by atoms with E-state index in [1.807, 2.05) is 0 Å². The second-order valence-electron chi connectivity index (χ2n) is 5.78. The molecule has 2 N–H and O–H groups in total. The molecule has 0 fully saturated rings. The highest BCUT2D eigenvalue weighted by Crippen LogP contribution is 2.37. The van der Waals surface area contributed by atoms with Gasteiger partial charge < -0.3 is 9.47 Å². The molecule has 162 valence electrons. The zero-order valence-corrected chi connectivity index (χ0v) is 17.5. The summed E-state index contributed by atoms with van der Waals surface area (Å²) in [7, 11) is -9.93. The summed E-state index contributed by atoms with van der Waals surface area (Å²) in [6.45, 7) is 2.80. The van der Waals surface area contributed by atoms with Gasteiger partial charge in [-0.25, -0.2) is 9.59 Å². The van der Waals surface area contributed by atoms with Crippen LogP contribution in [0.4, 0.5) is 0 Å². The predicted molar refractivity (Wildman–Crippen MR) is 103 cm³/mol.